The first kappa shape index (κ1) is 19.7. The van der Waals surface area contributed by atoms with Gasteiger partial charge < -0.3 is 9.64 Å². The zero-order chi connectivity index (χ0) is 18.6. The molecule has 1 aromatic carbocycles. The van der Waals surface area contributed by atoms with Crippen LogP contribution < -0.4 is 0 Å². The highest BCUT2D eigenvalue weighted by Gasteiger charge is 2.31. The van der Waals surface area contributed by atoms with Crippen LogP contribution in [0.2, 0.25) is 5.02 Å². The van der Waals surface area contributed by atoms with Crippen LogP contribution in [0.5, 0.6) is 0 Å². The third-order valence-corrected chi connectivity index (χ3v) is 6.25. The fourth-order valence-corrected chi connectivity index (χ4v) is 4.28. The number of ether oxygens (including phenoxy) is 1. The van der Waals surface area contributed by atoms with Crippen molar-refractivity contribution in [1.82, 2.24) is 9.21 Å². The molecule has 1 heterocycles. The van der Waals surface area contributed by atoms with Gasteiger partial charge in [-0.15, -0.1) is 0 Å². The Kier molecular flexibility index (Phi) is 6.42. The first-order valence-electron chi connectivity index (χ1n) is 7.92. The van der Waals surface area contributed by atoms with Gasteiger partial charge in [-0.2, -0.15) is 4.31 Å². The van der Waals surface area contributed by atoms with E-state index in [1.54, 1.807) is 26.0 Å². The van der Waals surface area contributed by atoms with Crippen molar-refractivity contribution < 1.29 is 22.7 Å². The average Bonchev–Trinajstić information content (AvgIpc) is 2.59. The molecule has 0 aliphatic carbocycles. The van der Waals surface area contributed by atoms with Crippen LogP contribution in [0.15, 0.2) is 29.2 Å². The number of hydrogen-bond donors (Lipinski definition) is 0. The third-order valence-electron chi connectivity index (χ3n) is 3.86. The zero-order valence-corrected chi connectivity index (χ0v) is 15.7. The molecule has 25 heavy (non-hydrogen) atoms. The van der Waals surface area contributed by atoms with Gasteiger partial charge in [0.05, 0.1) is 10.9 Å². The first-order chi connectivity index (χ1) is 11.7. The molecule has 0 spiro atoms. The van der Waals surface area contributed by atoms with E-state index in [1.165, 1.54) is 21.3 Å². The van der Waals surface area contributed by atoms with E-state index in [0.29, 0.717) is 0 Å². The summed E-state index contributed by atoms with van der Waals surface area (Å²) in [4.78, 5) is 25.0. The summed E-state index contributed by atoms with van der Waals surface area (Å²) in [5, 5.41) is 0.168. The summed E-state index contributed by atoms with van der Waals surface area (Å²) in [6, 6.07) is 6.26. The Morgan fingerprint density at radius 1 is 1.16 bits per heavy atom. The average molecular weight is 389 g/mol. The lowest BCUT2D eigenvalue weighted by Crippen LogP contribution is -2.51. The fourth-order valence-electron chi connectivity index (χ4n) is 2.36. The van der Waals surface area contributed by atoms with E-state index in [9.17, 15) is 18.0 Å². The number of amides is 1. The van der Waals surface area contributed by atoms with E-state index in [-0.39, 0.29) is 54.5 Å². The Bertz CT molecular complexity index is 743. The second-order valence-corrected chi connectivity index (χ2v) is 8.29. The fraction of sp³-hybridized carbons (Fsp3) is 0.500. The summed E-state index contributed by atoms with van der Waals surface area (Å²) in [5.74, 6) is -1.07. The predicted molar refractivity (Wildman–Crippen MR) is 92.6 cm³/mol. The van der Waals surface area contributed by atoms with Gasteiger partial charge in [0.15, 0.2) is 6.61 Å². The van der Waals surface area contributed by atoms with Gasteiger partial charge in [0.25, 0.3) is 5.91 Å². The molecule has 1 aliphatic rings. The van der Waals surface area contributed by atoms with Gasteiger partial charge in [-0.3, -0.25) is 9.59 Å². The van der Waals surface area contributed by atoms with Crippen LogP contribution in [0.25, 0.3) is 0 Å². The largest absolute Gasteiger partial charge is 0.455 e. The topological polar surface area (TPSA) is 84.0 Å². The third kappa shape index (κ3) is 4.71. The number of carbonyl (C=O) groups is 2. The molecule has 1 aromatic rings. The molecule has 0 saturated carbocycles. The number of nitrogens with zero attached hydrogens (tertiary/aromatic N) is 2. The van der Waals surface area contributed by atoms with Crippen molar-refractivity contribution in [3.8, 4) is 0 Å². The molecule has 0 N–H and O–H groups in total. The number of halogens is 1. The highest BCUT2D eigenvalue weighted by Crippen LogP contribution is 2.24. The molecule has 0 bridgehead atoms. The standard InChI is InChI=1S/C16H21ClN2O5S/c1-12(2)16(21)24-11-15(20)18-7-9-19(10-8-18)25(22,23)14-6-4-3-5-13(14)17/h3-6,12H,7-11H2,1-2H3. The SMILES string of the molecule is CC(C)C(=O)OCC(=O)N1CCN(S(=O)(=O)c2ccccc2Cl)CC1. The maximum atomic E-state index is 12.6. The van der Waals surface area contributed by atoms with E-state index in [2.05, 4.69) is 0 Å². The molecule has 138 valence electrons. The van der Waals surface area contributed by atoms with Crippen LogP contribution in [-0.2, 0) is 24.3 Å². The normalized spacial score (nSPS) is 16.1. The minimum atomic E-state index is -3.70. The molecule has 9 heteroatoms. The molecule has 1 amide bonds. The van der Waals surface area contributed by atoms with Gasteiger partial charge in [-0.1, -0.05) is 37.6 Å². The predicted octanol–water partition coefficient (Wildman–Crippen LogP) is 1.37. The van der Waals surface area contributed by atoms with Gasteiger partial charge in [0.2, 0.25) is 10.0 Å². The number of sulfonamides is 1. The summed E-state index contributed by atoms with van der Waals surface area (Å²) >= 11 is 5.98. The van der Waals surface area contributed by atoms with Crippen molar-refractivity contribution in [3.63, 3.8) is 0 Å². The molecule has 0 aromatic heterocycles. The second-order valence-electron chi connectivity index (χ2n) is 5.98. The van der Waals surface area contributed by atoms with Crippen molar-refractivity contribution in [2.24, 2.45) is 5.92 Å². The van der Waals surface area contributed by atoms with E-state index >= 15 is 0 Å². The Hall–Kier alpha value is -1.64. The molecule has 0 unspecified atom stereocenters. The van der Waals surface area contributed by atoms with Crippen molar-refractivity contribution in [2.75, 3.05) is 32.8 Å². The highest BCUT2D eigenvalue weighted by molar-refractivity contribution is 7.89. The van der Waals surface area contributed by atoms with Crippen LogP contribution in [0.3, 0.4) is 0 Å². The Balaban J connectivity index is 1.94. The molecule has 7 nitrogen and oxygen atoms in total. The molecule has 0 atom stereocenters. The minimum Gasteiger partial charge on any atom is -0.455 e. The molecule has 2 rings (SSSR count). The summed E-state index contributed by atoms with van der Waals surface area (Å²) in [6.45, 7) is 3.85. The molecular formula is C16H21ClN2O5S. The Morgan fingerprint density at radius 2 is 1.76 bits per heavy atom. The number of hydrogen-bond acceptors (Lipinski definition) is 5. The number of benzene rings is 1. The summed E-state index contributed by atoms with van der Waals surface area (Å²) < 4.78 is 31.5. The summed E-state index contributed by atoms with van der Waals surface area (Å²) in [6.07, 6.45) is 0. The van der Waals surface area contributed by atoms with E-state index in [1.807, 2.05) is 0 Å². The molecule has 1 saturated heterocycles. The maximum Gasteiger partial charge on any atom is 0.308 e. The number of carbonyl (C=O) groups excluding carboxylic acids is 2. The van der Waals surface area contributed by atoms with E-state index < -0.39 is 16.0 Å². The maximum absolute atomic E-state index is 12.6. The lowest BCUT2D eigenvalue weighted by Gasteiger charge is -2.34. The highest BCUT2D eigenvalue weighted by atomic mass is 35.5. The van der Waals surface area contributed by atoms with Crippen LogP contribution in [0.1, 0.15) is 13.8 Å². The van der Waals surface area contributed by atoms with Gasteiger partial charge in [0, 0.05) is 26.2 Å². The van der Waals surface area contributed by atoms with Gasteiger partial charge in [0.1, 0.15) is 4.90 Å². The smallest absolute Gasteiger partial charge is 0.308 e. The molecule has 1 fully saturated rings. The van der Waals surface area contributed by atoms with Crippen LogP contribution in [-0.4, -0.2) is 62.3 Å². The van der Waals surface area contributed by atoms with Gasteiger partial charge >= 0.3 is 5.97 Å². The van der Waals surface area contributed by atoms with Crippen molar-refractivity contribution in [2.45, 2.75) is 18.7 Å². The lowest BCUT2D eigenvalue weighted by molar-refractivity contribution is -0.155. The summed E-state index contributed by atoms with van der Waals surface area (Å²) in [7, 11) is -3.70. The lowest BCUT2D eigenvalue weighted by atomic mass is 10.2. The van der Waals surface area contributed by atoms with Crippen LogP contribution in [0.4, 0.5) is 0 Å². The van der Waals surface area contributed by atoms with Crippen LogP contribution in [0, 0.1) is 5.92 Å². The van der Waals surface area contributed by atoms with Crippen molar-refractivity contribution in [3.05, 3.63) is 29.3 Å². The van der Waals surface area contributed by atoms with Crippen molar-refractivity contribution in [1.29, 1.82) is 0 Å². The minimum absolute atomic E-state index is 0.0577. The quantitative estimate of drug-likeness (QED) is 0.711. The van der Waals surface area contributed by atoms with Crippen molar-refractivity contribution >= 4 is 33.5 Å². The zero-order valence-electron chi connectivity index (χ0n) is 14.1. The Morgan fingerprint density at radius 3 is 2.32 bits per heavy atom. The van der Waals surface area contributed by atoms with E-state index in [4.69, 9.17) is 16.3 Å². The molecule has 1 aliphatic heterocycles. The summed E-state index contributed by atoms with van der Waals surface area (Å²) in [5.41, 5.74) is 0. The molecule has 0 radical (unpaired) electrons. The second kappa shape index (κ2) is 8.16. The first-order valence-corrected chi connectivity index (χ1v) is 9.74. The van der Waals surface area contributed by atoms with Gasteiger partial charge in [-0.05, 0) is 12.1 Å². The Labute approximate surface area is 152 Å². The van der Waals surface area contributed by atoms with Crippen LogP contribution >= 0.6 is 11.6 Å². The van der Waals surface area contributed by atoms with Gasteiger partial charge in [-0.25, -0.2) is 8.42 Å². The molecular weight excluding hydrogens is 368 g/mol. The van der Waals surface area contributed by atoms with E-state index in [0.717, 1.165) is 0 Å². The monoisotopic (exact) mass is 388 g/mol. The number of rotatable bonds is 5. The number of piperazine rings is 1. The number of esters is 1.